The molecule has 0 aliphatic rings. The maximum atomic E-state index is 13.0. The summed E-state index contributed by atoms with van der Waals surface area (Å²) in [5.74, 6) is -1.54. The molecule has 24 heavy (non-hydrogen) atoms. The molecule has 2 aromatic heterocycles. The van der Waals surface area contributed by atoms with Gasteiger partial charge >= 0.3 is 18.5 Å². The van der Waals surface area contributed by atoms with Gasteiger partial charge in [0.1, 0.15) is 5.52 Å². The Bertz CT molecular complexity index is 931. The smallest absolute Gasteiger partial charge is 0.415 e. The van der Waals surface area contributed by atoms with Gasteiger partial charge in [0.2, 0.25) is 5.88 Å². The fourth-order valence-corrected chi connectivity index (χ4v) is 2.08. The second-order valence-corrected chi connectivity index (χ2v) is 4.50. The molecule has 1 N–H and O–H groups in total. The Balaban J connectivity index is 2.12. The van der Waals surface area contributed by atoms with Crippen molar-refractivity contribution >= 4 is 11.1 Å². The number of fused-ring (bicyclic) bond motifs is 1. The molecule has 0 bridgehead atoms. The van der Waals surface area contributed by atoms with Crippen LogP contribution in [0.25, 0.3) is 22.4 Å². The average molecular weight is 347 g/mol. The molecule has 0 saturated carbocycles. The molecule has 6 nitrogen and oxygen atoms in total. The Kier molecular flexibility index (Phi) is 3.70. The number of oxazole rings is 1. The Hall–Kier alpha value is -2.98. The minimum absolute atomic E-state index is 0.0121. The molecule has 0 radical (unpaired) electrons. The molecule has 11 heteroatoms. The molecule has 0 spiro atoms. The van der Waals surface area contributed by atoms with Crippen LogP contribution >= 0.6 is 0 Å². The van der Waals surface area contributed by atoms with Gasteiger partial charge in [-0.25, -0.2) is 14.8 Å². The van der Waals surface area contributed by atoms with Crippen LogP contribution in [-0.2, 0) is 6.18 Å². The molecule has 0 atom stereocenters. The molecule has 0 amide bonds. The Morgan fingerprint density at radius 3 is 2.50 bits per heavy atom. The lowest BCUT2D eigenvalue weighted by atomic mass is 10.1. The zero-order valence-corrected chi connectivity index (χ0v) is 11.4. The highest BCUT2D eigenvalue weighted by molar-refractivity contribution is 5.91. The maximum absolute atomic E-state index is 13.0. The highest BCUT2D eigenvalue weighted by Gasteiger charge is 2.34. The SMILES string of the molecule is O=c1[nH]c2c(C(F)(F)F)ccc(-c3cnc(OC(F)F)cn3)c2o1. The standard InChI is InChI=1S/C13H6F5N3O3/c14-11(15)23-8-4-19-7(3-20-8)5-1-2-6(13(16,17)18)9-10(5)24-12(22)21-9/h1-4,11H,(H,21,22). The van der Waals surface area contributed by atoms with Gasteiger partial charge in [0.15, 0.2) is 5.58 Å². The van der Waals surface area contributed by atoms with E-state index in [1.807, 2.05) is 4.98 Å². The zero-order valence-electron chi connectivity index (χ0n) is 11.4. The number of nitrogens with zero attached hydrogens (tertiary/aromatic N) is 2. The molecule has 2 heterocycles. The van der Waals surface area contributed by atoms with Crippen molar-refractivity contribution in [3.05, 3.63) is 40.6 Å². The lowest BCUT2D eigenvalue weighted by Gasteiger charge is -2.09. The Labute approximate surface area is 128 Å². The molecular weight excluding hydrogens is 341 g/mol. The zero-order chi connectivity index (χ0) is 17.5. The highest BCUT2D eigenvalue weighted by Crippen LogP contribution is 2.37. The number of nitrogens with one attached hydrogen (secondary N) is 1. The van der Waals surface area contributed by atoms with E-state index in [1.54, 1.807) is 0 Å². The van der Waals surface area contributed by atoms with E-state index in [4.69, 9.17) is 4.42 Å². The first-order valence-electron chi connectivity index (χ1n) is 6.26. The normalized spacial score (nSPS) is 12.1. The number of ether oxygens (including phenoxy) is 1. The molecule has 0 saturated heterocycles. The number of alkyl halides is 5. The van der Waals surface area contributed by atoms with Crippen molar-refractivity contribution in [3.63, 3.8) is 0 Å². The number of hydrogen-bond acceptors (Lipinski definition) is 5. The molecule has 0 aliphatic carbocycles. The summed E-state index contributed by atoms with van der Waals surface area (Å²) >= 11 is 0. The van der Waals surface area contributed by atoms with Crippen LogP contribution in [0.2, 0.25) is 0 Å². The van der Waals surface area contributed by atoms with E-state index in [9.17, 15) is 26.7 Å². The maximum Gasteiger partial charge on any atom is 0.418 e. The molecular formula is C13H6F5N3O3. The summed E-state index contributed by atoms with van der Waals surface area (Å²) < 4.78 is 71.8. The number of rotatable bonds is 3. The number of H-pyrrole nitrogens is 1. The van der Waals surface area contributed by atoms with Crippen molar-refractivity contribution < 1.29 is 31.1 Å². The van der Waals surface area contributed by atoms with Gasteiger partial charge in [-0.2, -0.15) is 22.0 Å². The van der Waals surface area contributed by atoms with Gasteiger partial charge < -0.3 is 9.15 Å². The van der Waals surface area contributed by atoms with E-state index in [2.05, 4.69) is 14.7 Å². The summed E-state index contributed by atoms with van der Waals surface area (Å²) in [5.41, 5.74) is -1.95. The third kappa shape index (κ3) is 2.92. The summed E-state index contributed by atoms with van der Waals surface area (Å²) in [6, 6.07) is 1.79. The molecule has 1 aromatic carbocycles. The minimum Gasteiger partial charge on any atom is -0.415 e. The quantitative estimate of drug-likeness (QED) is 0.736. The molecule has 0 aliphatic heterocycles. The van der Waals surface area contributed by atoms with Crippen molar-refractivity contribution in [1.29, 1.82) is 0 Å². The molecule has 3 aromatic rings. The van der Waals surface area contributed by atoms with Gasteiger partial charge in [0.05, 0.1) is 23.7 Å². The number of hydrogen-bond donors (Lipinski definition) is 1. The van der Waals surface area contributed by atoms with Crippen molar-refractivity contribution in [2.45, 2.75) is 12.8 Å². The largest absolute Gasteiger partial charge is 0.418 e. The fraction of sp³-hybridized carbons (Fsp3) is 0.154. The second kappa shape index (κ2) is 5.58. The highest BCUT2D eigenvalue weighted by atomic mass is 19.4. The molecule has 0 fully saturated rings. The summed E-state index contributed by atoms with van der Waals surface area (Å²) in [5, 5.41) is 0. The number of aromatic amines is 1. The van der Waals surface area contributed by atoms with Crippen LogP contribution in [0.4, 0.5) is 22.0 Å². The van der Waals surface area contributed by atoms with Gasteiger partial charge in [-0.3, -0.25) is 4.98 Å². The van der Waals surface area contributed by atoms with Gasteiger partial charge in [-0.15, -0.1) is 0 Å². The fourth-order valence-electron chi connectivity index (χ4n) is 2.08. The van der Waals surface area contributed by atoms with Crippen molar-refractivity contribution in [3.8, 4) is 17.1 Å². The van der Waals surface area contributed by atoms with Crippen LogP contribution < -0.4 is 10.5 Å². The third-order valence-corrected chi connectivity index (χ3v) is 3.00. The van der Waals surface area contributed by atoms with Crippen LogP contribution in [0.15, 0.2) is 33.7 Å². The molecule has 126 valence electrons. The molecule has 0 unspecified atom stereocenters. The first-order chi connectivity index (χ1) is 11.3. The Morgan fingerprint density at radius 1 is 1.17 bits per heavy atom. The number of aromatic nitrogens is 3. The lowest BCUT2D eigenvalue weighted by Crippen LogP contribution is -2.07. The van der Waals surface area contributed by atoms with E-state index in [0.29, 0.717) is 0 Å². The predicted octanol–water partition coefficient (Wildman–Crippen LogP) is 3.20. The summed E-state index contributed by atoms with van der Waals surface area (Å²) in [6.07, 6.45) is -2.83. The van der Waals surface area contributed by atoms with Gasteiger partial charge in [-0.1, -0.05) is 0 Å². The minimum atomic E-state index is -4.70. The third-order valence-electron chi connectivity index (χ3n) is 3.00. The van der Waals surface area contributed by atoms with E-state index >= 15 is 0 Å². The number of halogens is 5. The average Bonchev–Trinajstić information content (AvgIpc) is 2.86. The van der Waals surface area contributed by atoms with Crippen molar-refractivity contribution in [2.24, 2.45) is 0 Å². The monoisotopic (exact) mass is 347 g/mol. The van der Waals surface area contributed by atoms with Crippen LogP contribution in [0.5, 0.6) is 5.88 Å². The first kappa shape index (κ1) is 15.9. The second-order valence-electron chi connectivity index (χ2n) is 4.50. The van der Waals surface area contributed by atoms with Gasteiger partial charge in [0, 0.05) is 5.56 Å². The number of benzene rings is 1. The van der Waals surface area contributed by atoms with Gasteiger partial charge in [-0.05, 0) is 12.1 Å². The molecule has 3 rings (SSSR count). The van der Waals surface area contributed by atoms with E-state index < -0.39 is 35.5 Å². The summed E-state index contributed by atoms with van der Waals surface area (Å²) in [7, 11) is 0. The van der Waals surface area contributed by atoms with Crippen LogP contribution in [0.3, 0.4) is 0 Å². The summed E-state index contributed by atoms with van der Waals surface area (Å²) in [6.45, 7) is -3.09. The topological polar surface area (TPSA) is 81.0 Å². The van der Waals surface area contributed by atoms with Crippen molar-refractivity contribution in [1.82, 2.24) is 15.0 Å². The van der Waals surface area contributed by atoms with Gasteiger partial charge in [0.25, 0.3) is 0 Å². The lowest BCUT2D eigenvalue weighted by molar-refractivity contribution is -0.136. The van der Waals surface area contributed by atoms with E-state index in [0.717, 1.165) is 24.5 Å². The van der Waals surface area contributed by atoms with Crippen LogP contribution in [0, 0.1) is 0 Å². The van der Waals surface area contributed by atoms with E-state index in [-0.39, 0.29) is 16.8 Å². The Morgan fingerprint density at radius 2 is 1.92 bits per heavy atom. The van der Waals surface area contributed by atoms with Crippen LogP contribution in [0.1, 0.15) is 5.56 Å². The van der Waals surface area contributed by atoms with Crippen molar-refractivity contribution in [2.75, 3.05) is 0 Å². The summed E-state index contributed by atoms with van der Waals surface area (Å²) in [4.78, 5) is 20.6. The van der Waals surface area contributed by atoms with Crippen LogP contribution in [-0.4, -0.2) is 21.6 Å². The first-order valence-corrected chi connectivity index (χ1v) is 6.26. The predicted molar refractivity (Wildman–Crippen MR) is 69.5 cm³/mol. The van der Waals surface area contributed by atoms with E-state index in [1.165, 1.54) is 0 Å².